The van der Waals surface area contributed by atoms with Gasteiger partial charge < -0.3 is 5.32 Å². The first-order valence-electron chi connectivity index (χ1n) is 11.4. The molecule has 2 heterocycles. The van der Waals surface area contributed by atoms with Crippen LogP contribution in [0.1, 0.15) is 62.3 Å². The number of thiazole rings is 1. The minimum absolute atomic E-state index is 0.290. The first-order valence-corrected chi connectivity index (χ1v) is 13.1. The summed E-state index contributed by atoms with van der Waals surface area (Å²) in [5, 5.41) is 9.68. The van der Waals surface area contributed by atoms with E-state index in [1.165, 1.54) is 71.7 Å². The van der Waals surface area contributed by atoms with Crippen molar-refractivity contribution in [3.05, 3.63) is 41.8 Å². The second kappa shape index (κ2) is 9.74. The van der Waals surface area contributed by atoms with Crippen LogP contribution in [-0.2, 0) is 6.54 Å². The Bertz CT molecular complexity index is 1000. The smallest absolute Gasteiger partial charge is 0.109 e. The number of halogens is 1. The summed E-state index contributed by atoms with van der Waals surface area (Å²) < 4.78 is 14.2. The highest BCUT2D eigenvalue weighted by atomic mass is 32.2. The van der Waals surface area contributed by atoms with E-state index in [1.54, 1.807) is 10.9 Å². The number of aryl methyl sites for hydroxylation is 1. The number of rotatable bonds is 8. The number of nitrogens with one attached hydrogen (secondary N) is 1. The molecule has 0 aliphatic heterocycles. The molecule has 2 aliphatic rings. The summed E-state index contributed by atoms with van der Waals surface area (Å²) in [6.45, 7) is -0.117. The summed E-state index contributed by atoms with van der Waals surface area (Å²) in [6.07, 6.45) is 16.3. The van der Waals surface area contributed by atoms with Crippen molar-refractivity contribution in [1.82, 2.24) is 14.8 Å². The molecule has 0 unspecified atom stereocenters. The summed E-state index contributed by atoms with van der Waals surface area (Å²) >= 11 is 3.89. The van der Waals surface area contributed by atoms with Crippen LogP contribution in [0.3, 0.4) is 0 Å². The molecule has 1 aromatic carbocycles. The predicted molar refractivity (Wildman–Crippen MR) is 128 cm³/mol. The number of alkyl halides is 1. The molecule has 2 fully saturated rings. The van der Waals surface area contributed by atoms with Crippen LogP contribution in [0.2, 0.25) is 0 Å². The van der Waals surface area contributed by atoms with Gasteiger partial charge in [0.2, 0.25) is 0 Å². The van der Waals surface area contributed by atoms with Gasteiger partial charge in [0.05, 0.1) is 28.3 Å². The number of benzene rings is 1. The average molecular weight is 457 g/mol. The van der Waals surface area contributed by atoms with Crippen molar-refractivity contribution >= 4 is 34.5 Å². The largest absolute Gasteiger partial charge is 0.353 e. The third-order valence-electron chi connectivity index (χ3n) is 6.31. The van der Waals surface area contributed by atoms with Gasteiger partial charge in [0.1, 0.15) is 6.67 Å². The van der Waals surface area contributed by atoms with E-state index in [2.05, 4.69) is 34.8 Å². The van der Waals surface area contributed by atoms with Gasteiger partial charge in [-0.15, -0.1) is 23.1 Å². The van der Waals surface area contributed by atoms with Crippen molar-refractivity contribution in [2.24, 2.45) is 0 Å². The summed E-state index contributed by atoms with van der Waals surface area (Å²) in [4.78, 5) is 7.44. The molecule has 0 radical (unpaired) electrons. The average Bonchev–Trinajstić information content (AvgIpc) is 3.42. The Kier molecular flexibility index (Phi) is 6.60. The minimum Gasteiger partial charge on any atom is -0.353 e. The fourth-order valence-electron chi connectivity index (χ4n) is 4.32. The molecule has 0 amide bonds. The second-order valence-electron chi connectivity index (χ2n) is 8.59. The quantitative estimate of drug-likeness (QED) is 0.383. The lowest BCUT2D eigenvalue weighted by Crippen LogP contribution is -2.12. The van der Waals surface area contributed by atoms with Crippen molar-refractivity contribution < 1.29 is 4.39 Å². The van der Waals surface area contributed by atoms with Gasteiger partial charge in [-0.3, -0.25) is 4.68 Å². The van der Waals surface area contributed by atoms with Crippen LogP contribution >= 0.6 is 23.1 Å². The molecule has 2 aliphatic carbocycles. The fourth-order valence-corrected chi connectivity index (χ4v) is 6.94. The van der Waals surface area contributed by atoms with Crippen molar-refractivity contribution in [2.75, 3.05) is 12.0 Å². The van der Waals surface area contributed by atoms with Crippen LogP contribution in [0.5, 0.6) is 0 Å². The lowest BCUT2D eigenvalue weighted by molar-refractivity contribution is 0.427. The normalized spacial score (nSPS) is 17.6. The van der Waals surface area contributed by atoms with E-state index in [9.17, 15) is 4.39 Å². The summed E-state index contributed by atoms with van der Waals surface area (Å²) in [5.74, 6) is 0.650. The summed E-state index contributed by atoms with van der Waals surface area (Å²) in [7, 11) is 0. The van der Waals surface area contributed by atoms with Crippen LogP contribution in [-0.4, -0.2) is 26.7 Å². The monoisotopic (exact) mass is 456 g/mol. The number of thioether (sulfide) groups is 1. The highest BCUT2D eigenvalue weighted by Gasteiger charge is 2.23. The summed E-state index contributed by atoms with van der Waals surface area (Å²) in [6, 6.07) is 6.62. The molecular weight excluding hydrogens is 427 g/mol. The lowest BCUT2D eigenvalue weighted by atomic mass is 9.90. The van der Waals surface area contributed by atoms with E-state index in [-0.39, 0.29) is 6.54 Å². The van der Waals surface area contributed by atoms with E-state index >= 15 is 0 Å². The Balaban J connectivity index is 1.39. The first kappa shape index (κ1) is 21.0. The molecule has 7 heteroatoms. The van der Waals surface area contributed by atoms with Gasteiger partial charge in [-0.1, -0.05) is 31.7 Å². The molecule has 31 heavy (non-hydrogen) atoms. The van der Waals surface area contributed by atoms with E-state index < -0.39 is 6.67 Å². The first-order chi connectivity index (χ1) is 15.3. The molecule has 5 rings (SSSR count). The molecule has 0 saturated heterocycles. The Morgan fingerprint density at radius 2 is 1.94 bits per heavy atom. The third-order valence-corrected chi connectivity index (χ3v) is 8.90. The van der Waals surface area contributed by atoms with Gasteiger partial charge in [0, 0.05) is 39.7 Å². The van der Waals surface area contributed by atoms with Gasteiger partial charge in [0.25, 0.3) is 0 Å². The zero-order chi connectivity index (χ0) is 21.0. The Hall–Kier alpha value is -1.86. The SMILES string of the molecule is FCCn1cc(Nc2ccc(-c3cnc(C4CCCCC4)s3)c(SC3CCC3)c2)cn1. The fraction of sp³-hybridized carbons (Fsp3) is 0.500. The zero-order valence-corrected chi connectivity index (χ0v) is 19.4. The maximum absolute atomic E-state index is 12.6. The molecular formula is C24H29FN4S2. The van der Waals surface area contributed by atoms with Gasteiger partial charge in [-0.25, -0.2) is 9.37 Å². The third kappa shape index (κ3) is 4.98. The molecule has 3 aromatic rings. The van der Waals surface area contributed by atoms with Gasteiger partial charge >= 0.3 is 0 Å². The van der Waals surface area contributed by atoms with Crippen molar-refractivity contribution in [1.29, 1.82) is 0 Å². The molecule has 0 bridgehead atoms. The van der Waals surface area contributed by atoms with Crippen LogP contribution in [0.25, 0.3) is 10.4 Å². The molecule has 0 atom stereocenters. The number of aromatic nitrogens is 3. The van der Waals surface area contributed by atoms with Crippen LogP contribution in [0, 0.1) is 0 Å². The minimum atomic E-state index is -0.407. The molecule has 2 saturated carbocycles. The zero-order valence-electron chi connectivity index (χ0n) is 17.7. The number of nitrogens with zero attached hydrogens (tertiary/aromatic N) is 3. The molecule has 1 N–H and O–H groups in total. The molecule has 0 spiro atoms. The summed E-state index contributed by atoms with van der Waals surface area (Å²) in [5.41, 5.74) is 3.23. The Morgan fingerprint density at radius 1 is 1.06 bits per heavy atom. The van der Waals surface area contributed by atoms with Gasteiger partial charge in [-0.2, -0.15) is 5.10 Å². The van der Waals surface area contributed by atoms with E-state index in [4.69, 9.17) is 4.98 Å². The van der Waals surface area contributed by atoms with Crippen molar-refractivity contribution in [2.45, 2.75) is 74.0 Å². The standard InChI is InChI=1S/C24H29FN4S2/c25-11-12-29-16-19(14-27-29)28-18-9-10-21(22(13-18)30-20-7-4-8-20)23-15-26-24(31-23)17-5-2-1-3-6-17/h9-10,13-17,20,28H,1-8,11-12H2. The molecule has 2 aromatic heterocycles. The number of anilines is 2. The predicted octanol–water partition coefficient (Wildman–Crippen LogP) is 7.41. The highest BCUT2D eigenvalue weighted by molar-refractivity contribution is 8.00. The van der Waals surface area contributed by atoms with Gasteiger partial charge in [0.15, 0.2) is 0 Å². The van der Waals surface area contributed by atoms with Crippen LogP contribution < -0.4 is 5.32 Å². The lowest BCUT2D eigenvalue weighted by Gasteiger charge is -2.25. The van der Waals surface area contributed by atoms with E-state index in [0.717, 1.165) is 11.4 Å². The highest BCUT2D eigenvalue weighted by Crippen LogP contribution is 2.44. The molecule has 164 valence electrons. The van der Waals surface area contributed by atoms with Crippen molar-refractivity contribution in [3.63, 3.8) is 0 Å². The second-order valence-corrected chi connectivity index (χ2v) is 11.0. The number of hydrogen-bond acceptors (Lipinski definition) is 5. The van der Waals surface area contributed by atoms with Gasteiger partial charge in [-0.05, 0) is 37.8 Å². The van der Waals surface area contributed by atoms with E-state index in [1.807, 2.05) is 29.3 Å². The van der Waals surface area contributed by atoms with Crippen LogP contribution in [0.4, 0.5) is 15.8 Å². The molecule has 4 nitrogen and oxygen atoms in total. The van der Waals surface area contributed by atoms with E-state index in [0.29, 0.717) is 11.2 Å². The topological polar surface area (TPSA) is 42.7 Å². The maximum atomic E-state index is 12.6. The Labute approximate surface area is 191 Å². The Morgan fingerprint density at radius 3 is 2.71 bits per heavy atom. The number of hydrogen-bond donors (Lipinski definition) is 1. The van der Waals surface area contributed by atoms with Crippen LogP contribution in [0.15, 0.2) is 41.7 Å². The van der Waals surface area contributed by atoms with Crippen molar-refractivity contribution in [3.8, 4) is 10.4 Å². The maximum Gasteiger partial charge on any atom is 0.109 e.